The molecule has 0 bridgehead atoms. The van der Waals surface area contributed by atoms with Gasteiger partial charge < -0.3 is 5.32 Å². The second-order valence-electron chi connectivity index (χ2n) is 3.11. The highest BCUT2D eigenvalue weighted by Crippen LogP contribution is 2.23. The molecule has 0 saturated heterocycles. The van der Waals surface area contributed by atoms with Crippen LogP contribution in [-0.2, 0) is 11.2 Å². The highest BCUT2D eigenvalue weighted by atomic mass is 79.9. The molecule has 1 atom stereocenters. The van der Waals surface area contributed by atoms with Gasteiger partial charge in [0.25, 0.3) is 0 Å². The van der Waals surface area contributed by atoms with E-state index in [-0.39, 0.29) is 11.8 Å². The number of carbonyl (C=O) groups is 1. The summed E-state index contributed by atoms with van der Waals surface area (Å²) in [4.78, 5) is 19.4. The number of aromatic nitrogens is 2. The average molecular weight is 242 g/mol. The molecule has 0 spiro atoms. The van der Waals surface area contributed by atoms with Gasteiger partial charge in [0.1, 0.15) is 5.82 Å². The van der Waals surface area contributed by atoms with Crippen LogP contribution in [0.1, 0.15) is 12.5 Å². The van der Waals surface area contributed by atoms with E-state index in [1.54, 1.807) is 6.20 Å². The predicted molar refractivity (Wildman–Crippen MR) is 51.2 cm³/mol. The summed E-state index contributed by atoms with van der Waals surface area (Å²) >= 11 is 3.15. The van der Waals surface area contributed by atoms with Gasteiger partial charge in [0, 0.05) is 17.7 Å². The molecular formula is C8H8BrN3O. The van der Waals surface area contributed by atoms with E-state index in [1.165, 1.54) is 0 Å². The minimum atomic E-state index is 0.0114. The van der Waals surface area contributed by atoms with Crippen LogP contribution < -0.4 is 5.32 Å². The zero-order chi connectivity index (χ0) is 9.42. The molecule has 0 aromatic carbocycles. The summed E-state index contributed by atoms with van der Waals surface area (Å²) in [5.41, 5.74) is 0.996. The average Bonchev–Trinajstić information content (AvgIpc) is 2.08. The summed E-state index contributed by atoms with van der Waals surface area (Å²) in [5, 5.41) is 2.73. The molecule has 0 aliphatic carbocycles. The first-order valence-electron chi connectivity index (χ1n) is 3.99. The van der Waals surface area contributed by atoms with Crippen molar-refractivity contribution < 1.29 is 4.79 Å². The van der Waals surface area contributed by atoms with Crippen LogP contribution in [-0.4, -0.2) is 15.9 Å². The maximum Gasteiger partial charge on any atom is 0.228 e. The molecule has 2 heterocycles. The Morgan fingerprint density at radius 1 is 1.69 bits per heavy atom. The summed E-state index contributed by atoms with van der Waals surface area (Å²) in [5.74, 6) is 0.667. The number of nitrogens with zero attached hydrogens (tertiary/aromatic N) is 2. The number of hydrogen-bond acceptors (Lipinski definition) is 3. The summed E-state index contributed by atoms with van der Waals surface area (Å²) in [7, 11) is 0. The lowest BCUT2D eigenvalue weighted by Crippen LogP contribution is -2.28. The van der Waals surface area contributed by atoms with Gasteiger partial charge in [-0.2, -0.15) is 0 Å². The van der Waals surface area contributed by atoms with Crippen LogP contribution in [0.5, 0.6) is 0 Å². The molecule has 0 saturated carbocycles. The van der Waals surface area contributed by atoms with Crippen molar-refractivity contribution in [1.82, 2.24) is 9.97 Å². The molecule has 2 rings (SSSR count). The Kier molecular flexibility index (Phi) is 2.03. The standard InChI is InChI=1S/C8H8BrN3O/c1-4-2-5-3-10-8(9)12-6(5)11-7(4)13/h3-4H,2H2,1H3,(H,10,11,12,13). The Morgan fingerprint density at radius 3 is 3.23 bits per heavy atom. The van der Waals surface area contributed by atoms with Gasteiger partial charge in [-0.05, 0) is 22.4 Å². The largest absolute Gasteiger partial charge is 0.310 e. The van der Waals surface area contributed by atoms with Gasteiger partial charge in [-0.25, -0.2) is 9.97 Å². The number of rotatable bonds is 0. The van der Waals surface area contributed by atoms with Gasteiger partial charge in [-0.1, -0.05) is 6.92 Å². The summed E-state index contributed by atoms with van der Waals surface area (Å²) in [6.07, 6.45) is 2.46. The van der Waals surface area contributed by atoms with Crippen LogP contribution >= 0.6 is 15.9 Å². The van der Waals surface area contributed by atoms with Gasteiger partial charge in [0.2, 0.25) is 5.91 Å². The third kappa shape index (κ3) is 1.56. The van der Waals surface area contributed by atoms with E-state index in [1.807, 2.05) is 6.92 Å². The van der Waals surface area contributed by atoms with Crippen molar-refractivity contribution >= 4 is 27.7 Å². The van der Waals surface area contributed by atoms with Crippen LogP contribution in [0.3, 0.4) is 0 Å². The zero-order valence-electron chi connectivity index (χ0n) is 7.04. The third-order valence-corrected chi connectivity index (χ3v) is 2.43. The molecule has 13 heavy (non-hydrogen) atoms. The normalized spacial score (nSPS) is 20.8. The molecule has 1 aliphatic heterocycles. The Bertz CT molecular complexity index is 366. The van der Waals surface area contributed by atoms with Crippen molar-refractivity contribution in [3.05, 3.63) is 16.5 Å². The van der Waals surface area contributed by atoms with E-state index >= 15 is 0 Å². The van der Waals surface area contributed by atoms with Gasteiger partial charge >= 0.3 is 0 Å². The van der Waals surface area contributed by atoms with Crippen LogP contribution in [0.4, 0.5) is 5.82 Å². The van der Waals surface area contributed by atoms with Gasteiger partial charge in [0.05, 0.1) is 0 Å². The van der Waals surface area contributed by atoms with Gasteiger partial charge in [-0.15, -0.1) is 0 Å². The Balaban J connectivity index is 2.42. The van der Waals surface area contributed by atoms with Crippen molar-refractivity contribution in [3.63, 3.8) is 0 Å². The SMILES string of the molecule is CC1Cc2cnc(Br)nc2NC1=O. The predicted octanol–water partition coefficient (Wildman–Crippen LogP) is 1.37. The van der Waals surface area contributed by atoms with E-state index in [4.69, 9.17) is 0 Å². The van der Waals surface area contributed by atoms with Crippen LogP contribution in [0.2, 0.25) is 0 Å². The number of anilines is 1. The molecule has 5 heteroatoms. The number of amides is 1. The number of fused-ring (bicyclic) bond motifs is 1. The molecule has 1 aliphatic rings. The molecule has 1 amide bonds. The first-order chi connectivity index (χ1) is 6.16. The van der Waals surface area contributed by atoms with E-state index in [0.29, 0.717) is 17.0 Å². The molecule has 4 nitrogen and oxygen atoms in total. The van der Waals surface area contributed by atoms with Crippen LogP contribution in [0.15, 0.2) is 10.9 Å². The van der Waals surface area contributed by atoms with Crippen LogP contribution in [0, 0.1) is 5.92 Å². The van der Waals surface area contributed by atoms with Crippen molar-refractivity contribution in [2.45, 2.75) is 13.3 Å². The first kappa shape index (κ1) is 8.62. The number of carbonyl (C=O) groups excluding carboxylic acids is 1. The Morgan fingerprint density at radius 2 is 2.46 bits per heavy atom. The number of halogens is 1. The van der Waals surface area contributed by atoms with Gasteiger partial charge in [-0.3, -0.25) is 4.79 Å². The smallest absolute Gasteiger partial charge is 0.228 e. The summed E-state index contributed by atoms with van der Waals surface area (Å²) in [6.45, 7) is 1.89. The van der Waals surface area contributed by atoms with Crippen molar-refractivity contribution in [1.29, 1.82) is 0 Å². The molecule has 1 unspecified atom stereocenters. The summed E-state index contributed by atoms with van der Waals surface area (Å²) < 4.78 is 0.501. The summed E-state index contributed by atoms with van der Waals surface area (Å²) in [6, 6.07) is 0. The van der Waals surface area contributed by atoms with Crippen molar-refractivity contribution in [3.8, 4) is 0 Å². The minimum Gasteiger partial charge on any atom is -0.310 e. The fraction of sp³-hybridized carbons (Fsp3) is 0.375. The van der Waals surface area contributed by atoms with E-state index in [9.17, 15) is 4.79 Å². The monoisotopic (exact) mass is 241 g/mol. The maximum absolute atomic E-state index is 11.3. The second-order valence-corrected chi connectivity index (χ2v) is 3.82. The highest BCUT2D eigenvalue weighted by Gasteiger charge is 2.23. The van der Waals surface area contributed by atoms with Gasteiger partial charge in [0.15, 0.2) is 4.73 Å². The van der Waals surface area contributed by atoms with E-state index in [2.05, 4.69) is 31.2 Å². The number of hydrogen-bond donors (Lipinski definition) is 1. The lowest BCUT2D eigenvalue weighted by Gasteiger charge is -2.19. The molecule has 0 fully saturated rings. The fourth-order valence-corrected chi connectivity index (χ4v) is 1.59. The van der Waals surface area contributed by atoms with E-state index < -0.39 is 0 Å². The van der Waals surface area contributed by atoms with Crippen molar-refractivity contribution in [2.75, 3.05) is 5.32 Å². The molecular weight excluding hydrogens is 234 g/mol. The fourth-order valence-electron chi connectivity index (χ4n) is 1.31. The molecule has 1 aromatic rings. The lowest BCUT2D eigenvalue weighted by molar-refractivity contribution is -0.119. The van der Waals surface area contributed by atoms with Crippen molar-refractivity contribution in [2.24, 2.45) is 5.92 Å². The first-order valence-corrected chi connectivity index (χ1v) is 4.78. The minimum absolute atomic E-state index is 0.0114. The lowest BCUT2D eigenvalue weighted by atomic mass is 9.98. The quantitative estimate of drug-likeness (QED) is 0.699. The topological polar surface area (TPSA) is 54.9 Å². The Labute approximate surface area is 83.9 Å². The van der Waals surface area contributed by atoms with Crippen LogP contribution in [0.25, 0.3) is 0 Å². The Hall–Kier alpha value is -0.970. The zero-order valence-corrected chi connectivity index (χ0v) is 8.63. The third-order valence-electron chi connectivity index (χ3n) is 2.05. The molecule has 1 N–H and O–H groups in total. The molecule has 0 radical (unpaired) electrons. The maximum atomic E-state index is 11.3. The second kappa shape index (κ2) is 3.06. The highest BCUT2D eigenvalue weighted by molar-refractivity contribution is 9.10. The molecule has 68 valence electrons. The molecule has 1 aromatic heterocycles. The van der Waals surface area contributed by atoms with E-state index in [0.717, 1.165) is 5.56 Å². The number of nitrogens with one attached hydrogen (secondary N) is 1.